The van der Waals surface area contributed by atoms with Crippen LogP contribution in [0.2, 0.25) is 0 Å². The highest BCUT2D eigenvalue weighted by Crippen LogP contribution is 2.39. The lowest BCUT2D eigenvalue weighted by atomic mass is 9.85. The van der Waals surface area contributed by atoms with E-state index in [4.69, 9.17) is 0 Å². The molecule has 1 unspecified atom stereocenters. The van der Waals surface area contributed by atoms with E-state index >= 15 is 0 Å². The normalized spacial score (nSPS) is 22.6. The molecule has 0 saturated carbocycles. The lowest BCUT2D eigenvalue weighted by Crippen LogP contribution is -2.38. The van der Waals surface area contributed by atoms with Gasteiger partial charge in [0.2, 0.25) is 0 Å². The van der Waals surface area contributed by atoms with Gasteiger partial charge in [-0.2, -0.15) is 0 Å². The maximum atomic E-state index is 12.2. The molecule has 0 spiro atoms. The molecule has 3 heteroatoms. The van der Waals surface area contributed by atoms with Crippen molar-refractivity contribution in [2.24, 2.45) is 0 Å². The molecule has 0 aliphatic carbocycles. The molecule has 0 N–H and O–H groups in total. The lowest BCUT2D eigenvalue weighted by Gasteiger charge is -2.39. The number of nitrogens with zero attached hydrogens (tertiary/aromatic N) is 2. The number of hydrogen-bond donors (Lipinski definition) is 0. The molecule has 0 fully saturated rings. The van der Waals surface area contributed by atoms with Crippen molar-refractivity contribution in [1.82, 2.24) is 0 Å². The maximum absolute atomic E-state index is 12.2. The molecule has 2 aliphatic heterocycles. The highest BCUT2D eigenvalue weighted by Gasteiger charge is 2.31. The zero-order chi connectivity index (χ0) is 14.3. The van der Waals surface area contributed by atoms with Crippen LogP contribution in [-0.4, -0.2) is 29.6 Å². The molecular formula is C17H24N2O. The van der Waals surface area contributed by atoms with Crippen molar-refractivity contribution >= 4 is 11.9 Å². The fourth-order valence-corrected chi connectivity index (χ4v) is 3.29. The lowest BCUT2D eigenvalue weighted by molar-refractivity contribution is -0.532. The molecule has 2 aliphatic rings. The molecule has 0 radical (unpaired) electrons. The predicted octanol–water partition coefficient (Wildman–Crippen LogP) is 3.31. The highest BCUT2D eigenvalue weighted by atomic mass is 16.5. The van der Waals surface area contributed by atoms with Crippen LogP contribution in [-0.2, 0) is 6.42 Å². The van der Waals surface area contributed by atoms with Crippen molar-refractivity contribution in [2.75, 3.05) is 18.0 Å². The van der Waals surface area contributed by atoms with E-state index in [0.29, 0.717) is 0 Å². The Labute approximate surface area is 121 Å². The average Bonchev–Trinajstić information content (AvgIpc) is 2.41. The summed E-state index contributed by atoms with van der Waals surface area (Å²) in [6.07, 6.45) is 5.36. The standard InChI is InChI=1S/C17H24N2O/c1-17(2,3)19(20)12-14-9-11-18-10-5-7-13-6-4-8-15(14)16(13)18/h4,6,8,12,14H,5,7,9-11H2,1-3H3. The molecule has 1 aromatic carbocycles. The van der Waals surface area contributed by atoms with Gasteiger partial charge in [-0.3, -0.25) is 0 Å². The molecule has 0 bridgehead atoms. The largest absolute Gasteiger partial charge is 0.624 e. The van der Waals surface area contributed by atoms with E-state index in [1.54, 1.807) is 0 Å². The zero-order valence-corrected chi connectivity index (χ0v) is 12.7. The van der Waals surface area contributed by atoms with Gasteiger partial charge < -0.3 is 10.1 Å². The Morgan fingerprint density at radius 3 is 2.85 bits per heavy atom. The van der Waals surface area contributed by atoms with E-state index < -0.39 is 0 Å². The SMILES string of the molecule is CC(C)(C)[N+]([O-])=CC1CCN2CCCc3cccc1c32. The highest BCUT2D eigenvalue weighted by molar-refractivity contribution is 5.74. The van der Waals surface area contributed by atoms with Crippen LogP contribution in [0.3, 0.4) is 0 Å². The Morgan fingerprint density at radius 1 is 1.30 bits per heavy atom. The van der Waals surface area contributed by atoms with Crippen LogP contribution in [0.1, 0.15) is 50.7 Å². The molecule has 3 nitrogen and oxygen atoms in total. The first kappa shape index (κ1) is 13.5. The second kappa shape index (κ2) is 4.80. The van der Waals surface area contributed by atoms with Crippen LogP contribution in [0, 0.1) is 5.21 Å². The Bertz CT molecular complexity index is 542. The summed E-state index contributed by atoms with van der Waals surface area (Å²) in [5.74, 6) is 0.260. The average molecular weight is 272 g/mol. The van der Waals surface area contributed by atoms with E-state index in [-0.39, 0.29) is 11.5 Å². The molecule has 1 atom stereocenters. The smallest absolute Gasteiger partial charge is 0.164 e. The van der Waals surface area contributed by atoms with Crippen LogP contribution in [0.4, 0.5) is 5.69 Å². The number of anilines is 1. The fourth-order valence-electron chi connectivity index (χ4n) is 3.29. The third kappa shape index (κ3) is 2.30. The summed E-state index contributed by atoms with van der Waals surface area (Å²) >= 11 is 0. The first-order valence-electron chi connectivity index (χ1n) is 7.65. The molecular weight excluding hydrogens is 248 g/mol. The first-order chi connectivity index (χ1) is 9.47. The van der Waals surface area contributed by atoms with Gasteiger partial charge in [0, 0.05) is 39.5 Å². The maximum Gasteiger partial charge on any atom is 0.164 e. The second-order valence-corrected chi connectivity index (χ2v) is 6.99. The van der Waals surface area contributed by atoms with E-state index in [1.165, 1.54) is 29.7 Å². The number of benzene rings is 1. The minimum absolute atomic E-state index is 0.260. The molecule has 20 heavy (non-hydrogen) atoms. The Morgan fingerprint density at radius 2 is 2.10 bits per heavy atom. The number of para-hydroxylation sites is 1. The van der Waals surface area contributed by atoms with Crippen LogP contribution < -0.4 is 4.90 Å². The molecule has 0 saturated heterocycles. The number of rotatable bonds is 1. The summed E-state index contributed by atoms with van der Waals surface area (Å²) in [7, 11) is 0. The number of hydroxylamine groups is 1. The van der Waals surface area contributed by atoms with Gasteiger partial charge in [-0.25, -0.2) is 4.74 Å². The van der Waals surface area contributed by atoms with Crippen molar-refractivity contribution in [3.05, 3.63) is 34.5 Å². The Kier molecular flexibility index (Phi) is 3.23. The van der Waals surface area contributed by atoms with E-state index in [1.807, 2.05) is 27.0 Å². The van der Waals surface area contributed by atoms with E-state index in [0.717, 1.165) is 24.2 Å². The van der Waals surface area contributed by atoms with Crippen molar-refractivity contribution in [3.8, 4) is 0 Å². The van der Waals surface area contributed by atoms with Crippen molar-refractivity contribution in [2.45, 2.75) is 51.5 Å². The van der Waals surface area contributed by atoms with Crippen molar-refractivity contribution in [1.29, 1.82) is 0 Å². The molecule has 108 valence electrons. The third-order valence-corrected chi connectivity index (χ3v) is 4.43. The van der Waals surface area contributed by atoms with Gasteiger partial charge in [0.15, 0.2) is 11.8 Å². The third-order valence-electron chi connectivity index (χ3n) is 4.43. The van der Waals surface area contributed by atoms with Gasteiger partial charge in [0.25, 0.3) is 0 Å². The minimum atomic E-state index is -0.355. The van der Waals surface area contributed by atoms with E-state index in [9.17, 15) is 5.21 Å². The van der Waals surface area contributed by atoms with Gasteiger partial charge >= 0.3 is 0 Å². The topological polar surface area (TPSA) is 29.3 Å². The van der Waals surface area contributed by atoms with Gasteiger partial charge in [-0.1, -0.05) is 18.2 Å². The summed E-state index contributed by atoms with van der Waals surface area (Å²) in [6, 6.07) is 6.59. The molecule has 1 aromatic rings. The van der Waals surface area contributed by atoms with Crippen LogP contribution in [0.5, 0.6) is 0 Å². The van der Waals surface area contributed by atoms with Crippen molar-refractivity contribution in [3.63, 3.8) is 0 Å². The molecule has 0 aromatic heterocycles. The zero-order valence-electron chi connectivity index (χ0n) is 12.7. The first-order valence-corrected chi connectivity index (χ1v) is 7.65. The van der Waals surface area contributed by atoms with Gasteiger partial charge in [-0.15, -0.1) is 0 Å². The summed E-state index contributed by atoms with van der Waals surface area (Å²) in [4.78, 5) is 2.50. The molecule has 2 heterocycles. The predicted molar refractivity (Wildman–Crippen MR) is 83.8 cm³/mol. The van der Waals surface area contributed by atoms with Crippen LogP contribution >= 0.6 is 0 Å². The van der Waals surface area contributed by atoms with Crippen LogP contribution in [0.25, 0.3) is 0 Å². The fraction of sp³-hybridized carbons (Fsp3) is 0.588. The van der Waals surface area contributed by atoms with Crippen molar-refractivity contribution < 1.29 is 4.74 Å². The monoisotopic (exact) mass is 272 g/mol. The van der Waals surface area contributed by atoms with E-state index in [2.05, 4.69) is 23.1 Å². The summed E-state index contributed by atoms with van der Waals surface area (Å²) in [6.45, 7) is 8.13. The summed E-state index contributed by atoms with van der Waals surface area (Å²) < 4.78 is 1.13. The summed E-state index contributed by atoms with van der Waals surface area (Å²) in [5.41, 5.74) is 3.86. The van der Waals surface area contributed by atoms with Crippen LogP contribution in [0.15, 0.2) is 18.2 Å². The quantitative estimate of drug-likeness (QED) is 0.340. The van der Waals surface area contributed by atoms with Gasteiger partial charge in [-0.05, 0) is 30.4 Å². The second-order valence-electron chi connectivity index (χ2n) is 6.99. The molecule has 0 amide bonds. The Balaban J connectivity index is 2.01. The van der Waals surface area contributed by atoms with Gasteiger partial charge in [0.05, 0.1) is 5.92 Å². The number of hydrogen-bond acceptors (Lipinski definition) is 2. The van der Waals surface area contributed by atoms with Gasteiger partial charge in [0.1, 0.15) is 0 Å². The Hall–Kier alpha value is -1.51. The summed E-state index contributed by atoms with van der Waals surface area (Å²) in [5, 5.41) is 12.2. The molecule has 3 rings (SSSR count). The minimum Gasteiger partial charge on any atom is -0.624 e. The number of aryl methyl sites for hydroxylation is 1.